The number of hydrogen-bond donors (Lipinski definition) is 1. The Labute approximate surface area is 87.4 Å². The van der Waals surface area contributed by atoms with E-state index < -0.39 is 0 Å². The maximum absolute atomic E-state index is 3.91. The van der Waals surface area contributed by atoms with Gasteiger partial charge in [0.25, 0.3) is 0 Å². The first-order valence-corrected chi connectivity index (χ1v) is 5.83. The summed E-state index contributed by atoms with van der Waals surface area (Å²) in [5, 5.41) is 3.43. The number of nitrogens with zero attached hydrogens (tertiary/aromatic N) is 1. The van der Waals surface area contributed by atoms with E-state index in [0.717, 1.165) is 18.1 Å². The monoisotopic (exact) mass is 194 g/mol. The molecule has 2 heterocycles. The fraction of sp³-hybridized carbons (Fsp3) is 0.833. The van der Waals surface area contributed by atoms with Gasteiger partial charge in [0.05, 0.1) is 0 Å². The zero-order valence-electron chi connectivity index (χ0n) is 9.37. The van der Waals surface area contributed by atoms with Crippen molar-refractivity contribution in [3.05, 3.63) is 12.7 Å². The molecule has 0 amide bonds. The van der Waals surface area contributed by atoms with Gasteiger partial charge in [-0.15, -0.1) is 6.58 Å². The van der Waals surface area contributed by atoms with Crippen LogP contribution in [0, 0.1) is 0 Å². The highest BCUT2D eigenvalue weighted by Gasteiger charge is 2.41. The second-order valence-electron chi connectivity index (χ2n) is 4.77. The Hall–Kier alpha value is -0.340. The van der Waals surface area contributed by atoms with Crippen LogP contribution >= 0.6 is 0 Å². The Morgan fingerprint density at radius 2 is 1.93 bits per heavy atom. The standard InChI is InChI=1S/C12H22N2/c1-4-9(2)14-11-5-6-12(14)8-10(7-11)13-3/h4,9-13H,1,5-8H2,2-3H3. The first-order valence-electron chi connectivity index (χ1n) is 5.83. The summed E-state index contributed by atoms with van der Waals surface area (Å²) in [6.45, 7) is 6.19. The number of hydrogen-bond acceptors (Lipinski definition) is 2. The van der Waals surface area contributed by atoms with Gasteiger partial charge >= 0.3 is 0 Å². The molecule has 2 rings (SSSR count). The first-order chi connectivity index (χ1) is 6.76. The van der Waals surface area contributed by atoms with Crippen LogP contribution < -0.4 is 5.32 Å². The number of piperidine rings is 1. The number of nitrogens with one attached hydrogen (secondary N) is 1. The molecule has 2 aliphatic rings. The Kier molecular flexibility index (Phi) is 2.93. The fourth-order valence-electron chi connectivity index (χ4n) is 3.24. The van der Waals surface area contributed by atoms with Crippen LogP contribution in [0.1, 0.15) is 32.6 Å². The summed E-state index contributed by atoms with van der Waals surface area (Å²) in [5.74, 6) is 0. The van der Waals surface area contributed by atoms with Crippen LogP contribution in [0.2, 0.25) is 0 Å². The minimum atomic E-state index is 0.560. The average Bonchev–Trinajstić information content (AvgIpc) is 2.48. The molecule has 0 aromatic rings. The van der Waals surface area contributed by atoms with E-state index in [-0.39, 0.29) is 0 Å². The summed E-state index contributed by atoms with van der Waals surface area (Å²) in [4.78, 5) is 2.68. The van der Waals surface area contributed by atoms with Gasteiger partial charge in [-0.2, -0.15) is 0 Å². The molecule has 2 fully saturated rings. The van der Waals surface area contributed by atoms with E-state index in [2.05, 4.69) is 36.8 Å². The van der Waals surface area contributed by atoms with Crippen molar-refractivity contribution in [1.29, 1.82) is 0 Å². The third kappa shape index (κ3) is 1.61. The highest BCUT2D eigenvalue weighted by atomic mass is 15.2. The van der Waals surface area contributed by atoms with E-state index in [1.807, 2.05) is 0 Å². The lowest BCUT2D eigenvalue weighted by atomic mass is 9.96. The van der Waals surface area contributed by atoms with Crippen molar-refractivity contribution in [1.82, 2.24) is 10.2 Å². The van der Waals surface area contributed by atoms with E-state index in [1.165, 1.54) is 25.7 Å². The van der Waals surface area contributed by atoms with Crippen LogP contribution in [0.15, 0.2) is 12.7 Å². The van der Waals surface area contributed by atoms with Crippen molar-refractivity contribution < 1.29 is 0 Å². The van der Waals surface area contributed by atoms with Gasteiger partial charge in [-0.25, -0.2) is 0 Å². The minimum absolute atomic E-state index is 0.560. The summed E-state index contributed by atoms with van der Waals surface area (Å²) in [7, 11) is 2.09. The molecule has 0 aliphatic carbocycles. The van der Waals surface area contributed by atoms with Crippen molar-refractivity contribution in [3.63, 3.8) is 0 Å². The van der Waals surface area contributed by atoms with E-state index in [9.17, 15) is 0 Å². The van der Waals surface area contributed by atoms with Crippen LogP contribution in [0.4, 0.5) is 0 Å². The predicted molar refractivity (Wildman–Crippen MR) is 60.4 cm³/mol. The number of fused-ring (bicyclic) bond motifs is 2. The van der Waals surface area contributed by atoms with Gasteiger partial charge < -0.3 is 5.32 Å². The summed E-state index contributed by atoms with van der Waals surface area (Å²) in [6, 6.07) is 2.92. The lowest BCUT2D eigenvalue weighted by Gasteiger charge is -2.41. The molecule has 80 valence electrons. The predicted octanol–water partition coefficient (Wildman–Crippen LogP) is 1.78. The van der Waals surface area contributed by atoms with Gasteiger partial charge in [-0.1, -0.05) is 6.08 Å². The summed E-state index contributed by atoms with van der Waals surface area (Å²) in [6.07, 6.45) is 7.52. The van der Waals surface area contributed by atoms with Crippen molar-refractivity contribution >= 4 is 0 Å². The SMILES string of the molecule is C=CC(C)N1C2CCC1CC(NC)C2. The maximum Gasteiger partial charge on any atom is 0.0253 e. The zero-order chi connectivity index (χ0) is 10.1. The van der Waals surface area contributed by atoms with Gasteiger partial charge in [0.2, 0.25) is 0 Å². The molecule has 2 saturated heterocycles. The van der Waals surface area contributed by atoms with Crippen molar-refractivity contribution in [2.45, 2.75) is 56.8 Å². The molecule has 2 aliphatic heterocycles. The molecule has 0 aromatic heterocycles. The first kappa shape index (κ1) is 10.2. The average molecular weight is 194 g/mol. The largest absolute Gasteiger partial charge is 0.317 e. The third-order valence-corrected chi connectivity index (χ3v) is 4.01. The van der Waals surface area contributed by atoms with Crippen LogP contribution in [0.25, 0.3) is 0 Å². The fourth-order valence-corrected chi connectivity index (χ4v) is 3.24. The zero-order valence-corrected chi connectivity index (χ0v) is 9.37. The molecule has 3 unspecified atom stereocenters. The molecule has 14 heavy (non-hydrogen) atoms. The molecule has 1 N–H and O–H groups in total. The van der Waals surface area contributed by atoms with Gasteiger partial charge in [0.15, 0.2) is 0 Å². The van der Waals surface area contributed by atoms with Crippen LogP contribution in [0.5, 0.6) is 0 Å². The molecular weight excluding hydrogens is 172 g/mol. The summed E-state index contributed by atoms with van der Waals surface area (Å²) >= 11 is 0. The van der Waals surface area contributed by atoms with Gasteiger partial charge in [0.1, 0.15) is 0 Å². The Balaban J connectivity index is 2.06. The number of rotatable bonds is 3. The molecule has 2 heteroatoms. The second kappa shape index (κ2) is 4.03. The van der Waals surface area contributed by atoms with Crippen molar-refractivity contribution in [2.24, 2.45) is 0 Å². The molecule has 0 radical (unpaired) electrons. The van der Waals surface area contributed by atoms with E-state index in [1.54, 1.807) is 0 Å². The Morgan fingerprint density at radius 1 is 1.36 bits per heavy atom. The quantitative estimate of drug-likeness (QED) is 0.689. The lowest BCUT2D eigenvalue weighted by Crippen LogP contribution is -2.51. The minimum Gasteiger partial charge on any atom is -0.317 e. The third-order valence-electron chi connectivity index (χ3n) is 4.01. The second-order valence-corrected chi connectivity index (χ2v) is 4.77. The van der Waals surface area contributed by atoms with Gasteiger partial charge in [-0.05, 0) is 39.7 Å². The van der Waals surface area contributed by atoms with E-state index in [4.69, 9.17) is 0 Å². The lowest BCUT2D eigenvalue weighted by molar-refractivity contribution is 0.0983. The Bertz CT molecular complexity index is 200. The molecular formula is C12H22N2. The highest BCUT2D eigenvalue weighted by molar-refractivity contribution is 5.02. The van der Waals surface area contributed by atoms with Crippen LogP contribution in [-0.4, -0.2) is 36.1 Å². The van der Waals surface area contributed by atoms with Crippen LogP contribution in [0.3, 0.4) is 0 Å². The molecule has 0 saturated carbocycles. The van der Waals surface area contributed by atoms with Crippen LogP contribution in [-0.2, 0) is 0 Å². The van der Waals surface area contributed by atoms with Gasteiger partial charge in [-0.3, -0.25) is 4.90 Å². The molecule has 3 atom stereocenters. The summed E-state index contributed by atoms with van der Waals surface area (Å²) in [5.41, 5.74) is 0. The summed E-state index contributed by atoms with van der Waals surface area (Å²) < 4.78 is 0. The van der Waals surface area contributed by atoms with Crippen molar-refractivity contribution in [2.75, 3.05) is 7.05 Å². The normalized spacial score (nSPS) is 39.7. The van der Waals surface area contributed by atoms with Crippen molar-refractivity contribution in [3.8, 4) is 0 Å². The maximum atomic E-state index is 3.91. The molecule has 2 nitrogen and oxygen atoms in total. The Morgan fingerprint density at radius 3 is 2.36 bits per heavy atom. The van der Waals surface area contributed by atoms with E-state index >= 15 is 0 Å². The van der Waals surface area contributed by atoms with Gasteiger partial charge in [0, 0.05) is 24.2 Å². The van der Waals surface area contributed by atoms with E-state index in [0.29, 0.717) is 6.04 Å². The smallest absolute Gasteiger partial charge is 0.0253 e. The topological polar surface area (TPSA) is 15.3 Å². The molecule has 0 spiro atoms. The highest BCUT2D eigenvalue weighted by Crippen LogP contribution is 2.37. The molecule has 2 bridgehead atoms. The molecule has 0 aromatic carbocycles.